The smallest absolute Gasteiger partial charge is 0.573 e. The fraction of sp³-hybridized carbons (Fsp3) is 0.345. The Morgan fingerprint density at radius 3 is 2.70 bits per heavy atom. The molecule has 0 aliphatic carbocycles. The van der Waals surface area contributed by atoms with Crippen LogP contribution >= 0.6 is 0 Å². The Kier molecular flexibility index (Phi) is 8.36. The normalized spacial score (nSPS) is 21.2. The molecule has 2 atom stereocenters. The van der Waals surface area contributed by atoms with Crippen molar-refractivity contribution in [2.75, 3.05) is 19.6 Å². The second kappa shape index (κ2) is 12.1. The number of hydrogen-bond donors (Lipinski definition) is 1. The summed E-state index contributed by atoms with van der Waals surface area (Å²) in [7, 11) is 0. The van der Waals surface area contributed by atoms with Gasteiger partial charge in [0.25, 0.3) is 5.91 Å². The molecule has 3 heterocycles. The molecule has 0 unspecified atom stereocenters. The molecule has 0 spiro atoms. The average molecular weight is 596 g/mol. The van der Waals surface area contributed by atoms with Gasteiger partial charge in [-0.25, -0.2) is 0 Å². The Bertz CT molecular complexity index is 1550. The van der Waals surface area contributed by atoms with Gasteiger partial charge in [-0.15, -0.1) is 13.2 Å². The molecule has 2 aromatic carbocycles. The molecular weight excluding hydrogens is 569 g/mol. The van der Waals surface area contributed by atoms with Gasteiger partial charge in [-0.05, 0) is 54.3 Å². The molecule has 14 heteroatoms. The van der Waals surface area contributed by atoms with Crippen LogP contribution in [0.3, 0.4) is 0 Å². The molecular formula is C29H26F3N6O5-. The van der Waals surface area contributed by atoms with E-state index >= 15 is 0 Å². The van der Waals surface area contributed by atoms with E-state index in [1.165, 1.54) is 17.2 Å². The van der Waals surface area contributed by atoms with Crippen LogP contribution in [0.2, 0.25) is 0 Å². The molecule has 0 radical (unpaired) electrons. The number of alkyl halides is 3. The Labute approximate surface area is 244 Å². The SMILES string of the molecule is N#Cc1cc(N=C/C(=C\[NH-])CN2CC[C@H](Oc3ccc4c(c3)CN([C@@H]3CCC(=O)NC3=O)C4=O)C2)cc(OC(F)(F)F)c1. The van der Waals surface area contributed by atoms with Crippen LogP contribution < -0.4 is 14.8 Å². The number of nitrogens with zero attached hydrogens (tertiary/aromatic N) is 4. The first-order valence-corrected chi connectivity index (χ1v) is 13.4. The first-order valence-electron chi connectivity index (χ1n) is 13.4. The van der Waals surface area contributed by atoms with E-state index in [-0.39, 0.29) is 48.6 Å². The van der Waals surface area contributed by atoms with Gasteiger partial charge in [0, 0.05) is 50.4 Å². The molecule has 2 fully saturated rings. The van der Waals surface area contributed by atoms with Crippen molar-refractivity contribution in [2.45, 2.75) is 44.3 Å². The van der Waals surface area contributed by atoms with Crippen LogP contribution in [0, 0.1) is 11.3 Å². The quantitative estimate of drug-likeness (QED) is 0.358. The van der Waals surface area contributed by atoms with Crippen molar-refractivity contribution in [2.24, 2.45) is 4.99 Å². The minimum Gasteiger partial charge on any atom is -0.705 e. The first kappa shape index (κ1) is 29.6. The van der Waals surface area contributed by atoms with E-state index in [1.54, 1.807) is 24.3 Å². The Morgan fingerprint density at radius 1 is 1.16 bits per heavy atom. The Hall–Kier alpha value is -4.90. The fourth-order valence-corrected chi connectivity index (χ4v) is 5.31. The average Bonchev–Trinajstić information content (AvgIpc) is 3.53. The number of amides is 3. The number of aliphatic imine (C=N–C) groups is 1. The van der Waals surface area contributed by atoms with Crippen LogP contribution in [-0.2, 0) is 16.1 Å². The van der Waals surface area contributed by atoms with E-state index in [0.717, 1.165) is 23.9 Å². The molecule has 11 nitrogen and oxygen atoms in total. The summed E-state index contributed by atoms with van der Waals surface area (Å²) in [5, 5.41) is 11.4. The Balaban J connectivity index is 1.17. The molecule has 224 valence electrons. The van der Waals surface area contributed by atoms with Crippen LogP contribution in [0.5, 0.6) is 11.5 Å². The fourth-order valence-electron chi connectivity index (χ4n) is 5.31. The van der Waals surface area contributed by atoms with Crippen LogP contribution in [0.1, 0.15) is 40.7 Å². The number of hydrogen-bond acceptors (Lipinski definition) is 8. The van der Waals surface area contributed by atoms with E-state index in [0.29, 0.717) is 42.9 Å². The summed E-state index contributed by atoms with van der Waals surface area (Å²) in [5.74, 6) is -1.06. The van der Waals surface area contributed by atoms with Gasteiger partial charge < -0.3 is 20.1 Å². The number of nitrogens with one attached hydrogen (secondary N) is 2. The van der Waals surface area contributed by atoms with Crippen molar-refractivity contribution in [3.8, 4) is 17.6 Å². The topological polar surface area (TPSA) is 148 Å². The van der Waals surface area contributed by atoms with E-state index < -0.39 is 24.1 Å². The van der Waals surface area contributed by atoms with Gasteiger partial charge in [0.2, 0.25) is 11.8 Å². The molecule has 5 rings (SSSR count). The van der Waals surface area contributed by atoms with Gasteiger partial charge in [-0.1, -0.05) is 0 Å². The summed E-state index contributed by atoms with van der Waals surface area (Å²) in [5.41, 5.74) is 9.49. The lowest BCUT2D eigenvalue weighted by molar-refractivity contribution is -0.274. The molecule has 3 amide bonds. The predicted octanol–water partition coefficient (Wildman–Crippen LogP) is 4.01. The van der Waals surface area contributed by atoms with E-state index in [9.17, 15) is 27.6 Å². The monoisotopic (exact) mass is 595 g/mol. The summed E-state index contributed by atoms with van der Waals surface area (Å²) < 4.78 is 48.0. The van der Waals surface area contributed by atoms with Crippen molar-refractivity contribution in [3.05, 3.63) is 70.6 Å². The number of carbonyl (C=O) groups is 3. The molecule has 3 aliphatic heterocycles. The molecule has 0 saturated carbocycles. The largest absolute Gasteiger partial charge is 0.705 e. The lowest BCUT2D eigenvalue weighted by atomic mass is 10.0. The number of fused-ring (bicyclic) bond motifs is 1. The van der Waals surface area contributed by atoms with Crippen LogP contribution in [0.15, 0.2) is 53.2 Å². The second-order valence-corrected chi connectivity index (χ2v) is 10.3. The van der Waals surface area contributed by atoms with Crippen molar-refractivity contribution >= 4 is 29.6 Å². The molecule has 3 aliphatic rings. The van der Waals surface area contributed by atoms with Crippen LogP contribution in [0.25, 0.3) is 5.73 Å². The van der Waals surface area contributed by atoms with Crippen LogP contribution in [-0.4, -0.2) is 71.9 Å². The highest BCUT2D eigenvalue weighted by Gasteiger charge is 2.39. The summed E-state index contributed by atoms with van der Waals surface area (Å²) >= 11 is 0. The van der Waals surface area contributed by atoms with Crippen LogP contribution in [0.4, 0.5) is 18.9 Å². The standard InChI is InChI=1S/C29H27F3N6O5/c30-29(31,32)43-23-8-17(11-33)7-20(10-23)35-13-18(12-34)14-37-6-5-22(16-37)42-21-1-2-24-19(9-21)15-38(28(24)41)25-3-4-26(39)36-27(25)40/h1-2,7-10,12-13,22,25H,3-6,14-16H2,(H3,34,35,36,39,40)/p-1/t22-,25+/m0/s1. The molecule has 2 aromatic rings. The number of rotatable bonds is 8. The van der Waals surface area contributed by atoms with Crippen molar-refractivity contribution in [1.82, 2.24) is 15.1 Å². The third kappa shape index (κ3) is 7.12. The maximum atomic E-state index is 12.9. The van der Waals surface area contributed by atoms with E-state index in [1.807, 2.05) is 4.90 Å². The number of benzene rings is 2. The predicted molar refractivity (Wildman–Crippen MR) is 146 cm³/mol. The van der Waals surface area contributed by atoms with Gasteiger partial charge in [0.15, 0.2) is 0 Å². The second-order valence-electron chi connectivity index (χ2n) is 10.3. The maximum absolute atomic E-state index is 12.9. The number of halogens is 3. The summed E-state index contributed by atoms with van der Waals surface area (Å²) in [6.07, 6.45) is -1.46. The third-order valence-electron chi connectivity index (χ3n) is 7.25. The number of piperidine rings is 1. The zero-order valence-electron chi connectivity index (χ0n) is 22.7. The number of likely N-dealkylation sites (tertiary alicyclic amines) is 1. The highest BCUT2D eigenvalue weighted by Crippen LogP contribution is 2.32. The minimum absolute atomic E-state index is 0.0514. The number of carbonyl (C=O) groups excluding carboxylic acids is 3. The third-order valence-corrected chi connectivity index (χ3v) is 7.25. The molecule has 0 bridgehead atoms. The molecule has 2 saturated heterocycles. The highest BCUT2D eigenvalue weighted by atomic mass is 19.4. The lowest BCUT2D eigenvalue weighted by Crippen LogP contribution is -2.52. The number of imide groups is 1. The zero-order valence-corrected chi connectivity index (χ0v) is 22.7. The van der Waals surface area contributed by atoms with Gasteiger partial charge in [-0.2, -0.15) is 11.5 Å². The van der Waals surface area contributed by atoms with E-state index in [4.69, 9.17) is 15.7 Å². The lowest BCUT2D eigenvalue weighted by Gasteiger charge is -2.29. The van der Waals surface area contributed by atoms with E-state index in [2.05, 4.69) is 15.0 Å². The molecule has 2 N–H and O–H groups in total. The number of nitriles is 1. The maximum Gasteiger partial charge on any atom is 0.573 e. The van der Waals surface area contributed by atoms with Gasteiger partial charge >= 0.3 is 6.36 Å². The van der Waals surface area contributed by atoms with Gasteiger partial charge in [0.1, 0.15) is 23.6 Å². The zero-order chi connectivity index (χ0) is 30.7. The summed E-state index contributed by atoms with van der Waals surface area (Å²) in [6, 6.07) is 9.59. The van der Waals surface area contributed by atoms with Gasteiger partial charge in [-0.3, -0.25) is 29.6 Å². The number of ether oxygens (including phenoxy) is 2. The molecule has 43 heavy (non-hydrogen) atoms. The highest BCUT2D eigenvalue weighted by molar-refractivity contribution is 6.05. The minimum atomic E-state index is -4.91. The summed E-state index contributed by atoms with van der Waals surface area (Å²) in [4.78, 5) is 44.4. The Morgan fingerprint density at radius 2 is 1.98 bits per heavy atom. The van der Waals surface area contributed by atoms with Crippen molar-refractivity contribution < 1.29 is 37.0 Å². The van der Waals surface area contributed by atoms with Crippen molar-refractivity contribution in [3.63, 3.8) is 0 Å². The first-order chi connectivity index (χ1) is 20.5. The molecule has 0 aromatic heterocycles. The van der Waals surface area contributed by atoms with Crippen molar-refractivity contribution in [1.29, 1.82) is 5.26 Å². The van der Waals surface area contributed by atoms with Gasteiger partial charge in [0.05, 0.1) is 17.3 Å². The summed E-state index contributed by atoms with van der Waals surface area (Å²) in [6.45, 7) is 1.79.